The normalized spacial score (nSPS) is 18.6. The number of hydrogen-bond acceptors (Lipinski definition) is 8. The summed E-state index contributed by atoms with van der Waals surface area (Å²) in [6, 6.07) is 15.4. The molecule has 1 fully saturated rings. The quantitative estimate of drug-likeness (QED) is 0.489. The molecule has 36 heavy (non-hydrogen) atoms. The van der Waals surface area contributed by atoms with Gasteiger partial charge in [0.2, 0.25) is 0 Å². The summed E-state index contributed by atoms with van der Waals surface area (Å²) in [6.45, 7) is 12.3. The number of aromatic hydroxyl groups is 1. The lowest BCUT2D eigenvalue weighted by Crippen LogP contribution is -2.52. The number of hydrazone groups is 1. The summed E-state index contributed by atoms with van der Waals surface area (Å²) in [5.74, 6) is -0.523. The van der Waals surface area contributed by atoms with Crippen LogP contribution in [0.25, 0.3) is 0 Å². The van der Waals surface area contributed by atoms with E-state index in [1.165, 1.54) is 5.69 Å². The average molecular weight is 495 g/mol. The third-order valence-electron chi connectivity index (χ3n) is 7.25. The second kappa shape index (κ2) is 11.1. The number of rotatable bonds is 9. The molecule has 0 saturated carbocycles. The fourth-order valence-corrected chi connectivity index (χ4v) is 4.71. The van der Waals surface area contributed by atoms with Crippen LogP contribution in [0, 0.1) is 5.92 Å². The number of hydrogen-bond donors (Lipinski definition) is 3. The van der Waals surface area contributed by atoms with Crippen molar-refractivity contribution in [2.24, 2.45) is 11.0 Å². The maximum Gasteiger partial charge on any atom is 0.320 e. The van der Waals surface area contributed by atoms with Gasteiger partial charge in [-0.15, -0.1) is 0 Å². The monoisotopic (exact) mass is 494 g/mol. The Morgan fingerprint density at radius 2 is 1.36 bits per heavy atom. The highest BCUT2D eigenvalue weighted by Gasteiger charge is 2.29. The van der Waals surface area contributed by atoms with Gasteiger partial charge < -0.3 is 24.9 Å². The molecule has 194 valence electrons. The van der Waals surface area contributed by atoms with Gasteiger partial charge in [-0.2, -0.15) is 5.10 Å². The smallest absolute Gasteiger partial charge is 0.320 e. The van der Waals surface area contributed by atoms with Crippen molar-refractivity contribution >= 4 is 29.4 Å². The van der Waals surface area contributed by atoms with E-state index >= 15 is 0 Å². The van der Waals surface area contributed by atoms with Crippen LogP contribution in [-0.4, -0.2) is 78.5 Å². The molecule has 3 N–H and O–H groups in total. The summed E-state index contributed by atoms with van der Waals surface area (Å²) in [6.07, 6.45) is 1.84. The molecule has 2 aliphatic rings. The Balaban J connectivity index is 1.29. The molecule has 0 amide bonds. The van der Waals surface area contributed by atoms with Crippen molar-refractivity contribution in [2.75, 3.05) is 47.5 Å². The van der Waals surface area contributed by atoms with Crippen molar-refractivity contribution in [3.05, 3.63) is 48.5 Å². The minimum Gasteiger partial charge on any atom is -0.508 e. The van der Waals surface area contributed by atoms with Crippen LogP contribution in [0.3, 0.4) is 0 Å². The number of benzene rings is 2. The first kappa shape index (κ1) is 25.6. The topological polar surface area (TPSA) is 94.9 Å². The van der Waals surface area contributed by atoms with Crippen LogP contribution in [0.1, 0.15) is 27.7 Å². The number of anilines is 3. The van der Waals surface area contributed by atoms with Gasteiger partial charge in [0.05, 0.1) is 6.04 Å². The molecule has 2 aliphatic heterocycles. The predicted molar refractivity (Wildman–Crippen MR) is 145 cm³/mol. The van der Waals surface area contributed by atoms with Gasteiger partial charge in [0.15, 0.2) is 0 Å². The summed E-state index contributed by atoms with van der Waals surface area (Å²) < 4.78 is 0. The van der Waals surface area contributed by atoms with E-state index in [-0.39, 0.29) is 18.0 Å². The zero-order valence-electron chi connectivity index (χ0n) is 21.6. The number of phenols is 1. The molecule has 0 radical (unpaired) electrons. The summed E-state index contributed by atoms with van der Waals surface area (Å²) in [5, 5.41) is 28.8. The second-order valence-corrected chi connectivity index (χ2v) is 10.0. The first-order chi connectivity index (χ1) is 17.2. The molecule has 0 bridgehead atoms. The Morgan fingerprint density at radius 3 is 1.86 bits per heavy atom. The van der Waals surface area contributed by atoms with Gasteiger partial charge in [0, 0.05) is 49.3 Å². The number of nitrogens with one attached hydrogen (secondary N) is 1. The molecular weight excluding hydrogens is 456 g/mol. The molecule has 0 spiro atoms. The minimum absolute atomic E-state index is 0.00466. The van der Waals surface area contributed by atoms with Crippen LogP contribution in [0.5, 0.6) is 5.75 Å². The lowest BCUT2D eigenvalue weighted by atomic mass is 10.0. The van der Waals surface area contributed by atoms with Gasteiger partial charge in [-0.3, -0.25) is 15.1 Å². The van der Waals surface area contributed by atoms with Gasteiger partial charge in [-0.25, -0.2) is 0 Å². The first-order valence-electron chi connectivity index (χ1n) is 12.7. The van der Waals surface area contributed by atoms with Crippen LogP contribution >= 0.6 is 0 Å². The highest BCUT2D eigenvalue weighted by Crippen LogP contribution is 2.26. The summed E-state index contributed by atoms with van der Waals surface area (Å²) in [7, 11) is 0. The van der Waals surface area contributed by atoms with Crippen LogP contribution < -0.4 is 20.0 Å². The van der Waals surface area contributed by atoms with Gasteiger partial charge in [-0.05, 0) is 68.3 Å². The molecule has 2 aromatic rings. The highest BCUT2D eigenvalue weighted by molar-refractivity contribution is 5.81. The molecule has 3 atom stereocenters. The molecule has 9 heteroatoms. The number of piperazine rings is 1. The van der Waals surface area contributed by atoms with Crippen LogP contribution in [0.15, 0.2) is 53.6 Å². The SMILES string of the molecule is CC(N[C@H](C(=O)O)C(C)C)C(C)N1CN(c2ccc(N3CCN(c4ccc(O)cc4)CC3)cc2)C=N1. The maximum absolute atomic E-state index is 11.6. The molecule has 9 nitrogen and oxygen atoms in total. The lowest BCUT2D eigenvalue weighted by Gasteiger charge is -2.37. The van der Waals surface area contributed by atoms with Gasteiger partial charge in [-0.1, -0.05) is 13.8 Å². The molecule has 0 aliphatic carbocycles. The fraction of sp³-hybridized carbons (Fsp3) is 0.481. The Bertz CT molecular complexity index is 1030. The highest BCUT2D eigenvalue weighted by atomic mass is 16.4. The largest absolute Gasteiger partial charge is 0.508 e. The molecule has 0 aromatic heterocycles. The Morgan fingerprint density at radius 1 is 0.861 bits per heavy atom. The van der Waals surface area contributed by atoms with Crippen molar-refractivity contribution < 1.29 is 15.0 Å². The Kier molecular flexibility index (Phi) is 7.88. The maximum atomic E-state index is 11.6. The van der Waals surface area contributed by atoms with Crippen molar-refractivity contribution in [3.63, 3.8) is 0 Å². The van der Waals surface area contributed by atoms with Crippen molar-refractivity contribution in [3.8, 4) is 5.75 Å². The Hall–Kier alpha value is -3.46. The summed E-state index contributed by atoms with van der Waals surface area (Å²) >= 11 is 0. The molecule has 2 heterocycles. The van der Waals surface area contributed by atoms with E-state index in [9.17, 15) is 15.0 Å². The standard InChI is InChI=1S/C27H38N6O3/c1-19(2)26(27(35)36)29-20(3)21(4)33-18-32(17-28-33)24-7-5-22(6-8-24)30-13-15-31(16-14-30)23-9-11-25(34)12-10-23/h5-12,17,19-21,26,29,34H,13-16,18H2,1-4H3,(H,35,36)/t20?,21?,26-/m0/s1. The zero-order valence-corrected chi connectivity index (χ0v) is 21.6. The number of nitrogens with zero attached hydrogens (tertiary/aromatic N) is 5. The molecule has 2 unspecified atom stereocenters. The number of carboxylic acid groups (broad SMARTS) is 1. The lowest BCUT2D eigenvalue weighted by molar-refractivity contribution is -0.141. The molecule has 2 aromatic carbocycles. The molecular formula is C27H38N6O3. The average Bonchev–Trinajstić information content (AvgIpc) is 3.37. The minimum atomic E-state index is -0.822. The first-order valence-corrected chi connectivity index (χ1v) is 12.7. The van der Waals surface area contributed by atoms with E-state index in [4.69, 9.17) is 0 Å². The second-order valence-electron chi connectivity index (χ2n) is 10.0. The predicted octanol–water partition coefficient (Wildman–Crippen LogP) is 3.22. The van der Waals surface area contributed by atoms with E-state index in [0.29, 0.717) is 12.4 Å². The number of carbonyl (C=O) groups is 1. The van der Waals surface area contributed by atoms with Gasteiger partial charge in [0.25, 0.3) is 0 Å². The van der Waals surface area contributed by atoms with E-state index in [0.717, 1.165) is 37.6 Å². The number of phenolic OH excluding ortho intramolecular Hbond substituents is 1. The van der Waals surface area contributed by atoms with Crippen molar-refractivity contribution in [1.82, 2.24) is 10.3 Å². The van der Waals surface area contributed by atoms with Gasteiger partial charge in [0.1, 0.15) is 24.8 Å². The molecule has 4 rings (SSSR count). The Labute approximate surface area is 213 Å². The fourth-order valence-electron chi connectivity index (χ4n) is 4.71. The summed E-state index contributed by atoms with van der Waals surface area (Å²) in [5.41, 5.74) is 3.42. The van der Waals surface area contributed by atoms with Crippen LogP contribution in [-0.2, 0) is 4.79 Å². The van der Waals surface area contributed by atoms with E-state index in [1.807, 2.05) is 44.3 Å². The summed E-state index contributed by atoms with van der Waals surface area (Å²) in [4.78, 5) is 18.4. The third kappa shape index (κ3) is 5.84. The number of carboxylic acids is 1. The van der Waals surface area contributed by atoms with Crippen LogP contribution in [0.2, 0.25) is 0 Å². The van der Waals surface area contributed by atoms with E-state index in [2.05, 4.69) is 56.3 Å². The zero-order chi connectivity index (χ0) is 25.8. The molecule has 1 saturated heterocycles. The van der Waals surface area contributed by atoms with Crippen molar-refractivity contribution in [1.29, 1.82) is 0 Å². The third-order valence-corrected chi connectivity index (χ3v) is 7.25. The van der Waals surface area contributed by atoms with E-state index in [1.54, 1.807) is 12.1 Å². The number of aliphatic carboxylic acids is 1. The van der Waals surface area contributed by atoms with Crippen molar-refractivity contribution in [2.45, 2.75) is 45.8 Å². The van der Waals surface area contributed by atoms with Crippen LogP contribution in [0.4, 0.5) is 17.1 Å². The van der Waals surface area contributed by atoms with Gasteiger partial charge >= 0.3 is 5.97 Å². The van der Waals surface area contributed by atoms with E-state index < -0.39 is 12.0 Å².